The Morgan fingerprint density at radius 2 is 2.07 bits per heavy atom. The number of carbonyl (C=O) groups excluding carboxylic acids is 2. The highest BCUT2D eigenvalue weighted by Gasteiger charge is 2.31. The highest BCUT2D eigenvalue weighted by atomic mass is 32.2. The number of methoxy groups -OCH3 is 1. The summed E-state index contributed by atoms with van der Waals surface area (Å²) in [5, 5.41) is 1.65. The second-order valence-electron chi connectivity index (χ2n) is 6.44. The van der Waals surface area contributed by atoms with Crippen LogP contribution in [0.15, 0.2) is 34.3 Å². The fourth-order valence-corrected chi connectivity index (χ4v) is 3.72. The largest absolute Gasteiger partial charge is 0.492 e. The normalized spacial score (nSPS) is 22.0. The fraction of sp³-hybridized carbons (Fsp3) is 0.444. The molecular weight excluding hydrogens is 382 g/mol. The molecule has 2 aliphatic rings. The van der Waals surface area contributed by atoms with Crippen LogP contribution in [0.4, 0.5) is 4.79 Å². The number of likely N-dealkylation sites (N-methyl/N-ethyl adjacent to an activating group) is 1. The van der Waals surface area contributed by atoms with Gasteiger partial charge in [0.2, 0.25) is 11.9 Å². The van der Waals surface area contributed by atoms with Crippen LogP contribution >= 0.6 is 11.8 Å². The van der Waals surface area contributed by atoms with Gasteiger partial charge in [0.05, 0.1) is 18.8 Å². The molecule has 10 heteroatoms. The summed E-state index contributed by atoms with van der Waals surface area (Å²) < 4.78 is 11.0. The first-order valence-electron chi connectivity index (χ1n) is 8.83. The number of nitrogens with two attached hydrogens (primary N) is 1. The van der Waals surface area contributed by atoms with Crippen LogP contribution in [0.2, 0.25) is 0 Å². The molecule has 1 aromatic carbocycles. The van der Waals surface area contributed by atoms with Gasteiger partial charge in [0.1, 0.15) is 18.5 Å². The first-order valence-corrected chi connectivity index (χ1v) is 9.71. The van der Waals surface area contributed by atoms with Gasteiger partial charge in [-0.15, -0.1) is 0 Å². The van der Waals surface area contributed by atoms with Gasteiger partial charge in [-0.3, -0.25) is 19.8 Å². The maximum Gasteiger partial charge on any atom is 0.286 e. The monoisotopic (exact) mass is 405 g/mol. The van der Waals surface area contributed by atoms with Crippen molar-refractivity contribution >= 4 is 34.8 Å². The molecule has 3 N–H and O–H groups in total. The molecule has 1 aromatic rings. The summed E-state index contributed by atoms with van der Waals surface area (Å²) in [5.41, 5.74) is 6.69. The van der Waals surface area contributed by atoms with Crippen molar-refractivity contribution in [1.29, 1.82) is 0 Å². The summed E-state index contributed by atoms with van der Waals surface area (Å²) in [7, 11) is 3.51. The van der Waals surface area contributed by atoms with Crippen molar-refractivity contribution in [3.05, 3.63) is 29.8 Å². The number of rotatable bonds is 7. The van der Waals surface area contributed by atoms with Crippen molar-refractivity contribution in [2.75, 3.05) is 27.3 Å². The van der Waals surface area contributed by atoms with Crippen LogP contribution in [0, 0.1) is 0 Å². The van der Waals surface area contributed by atoms with E-state index in [1.807, 2.05) is 36.2 Å². The fourth-order valence-electron chi connectivity index (χ4n) is 2.86. The Morgan fingerprint density at radius 3 is 2.71 bits per heavy atom. The third-order valence-electron chi connectivity index (χ3n) is 4.45. The smallest absolute Gasteiger partial charge is 0.286 e. The van der Waals surface area contributed by atoms with Crippen molar-refractivity contribution in [3.8, 4) is 5.75 Å². The molecule has 150 valence electrons. The maximum atomic E-state index is 11.6. The minimum atomic E-state index is -0.364. The summed E-state index contributed by atoms with van der Waals surface area (Å²) in [6, 6.07) is 7.54. The Balaban J connectivity index is 1.44. The molecule has 0 aromatic heterocycles. The number of ether oxygens (including phenoxy) is 2. The zero-order chi connectivity index (χ0) is 20.1. The van der Waals surface area contributed by atoms with Crippen molar-refractivity contribution in [1.82, 2.24) is 10.2 Å². The molecule has 0 spiro atoms. The summed E-state index contributed by atoms with van der Waals surface area (Å²) >= 11 is 1.03. The molecule has 9 nitrogen and oxygen atoms in total. The van der Waals surface area contributed by atoms with Gasteiger partial charge in [-0.25, -0.2) is 4.99 Å². The zero-order valence-corrected chi connectivity index (χ0v) is 16.6. The number of nitrogens with zero attached hydrogens (tertiary/aromatic N) is 3. The van der Waals surface area contributed by atoms with E-state index in [1.165, 1.54) is 0 Å². The van der Waals surface area contributed by atoms with Gasteiger partial charge in [-0.05, 0) is 31.2 Å². The van der Waals surface area contributed by atoms with Crippen molar-refractivity contribution in [2.45, 2.75) is 24.3 Å². The van der Waals surface area contributed by atoms with Crippen molar-refractivity contribution in [2.24, 2.45) is 15.7 Å². The van der Waals surface area contributed by atoms with Crippen molar-refractivity contribution in [3.63, 3.8) is 0 Å². The van der Waals surface area contributed by atoms with E-state index >= 15 is 0 Å². The third-order valence-corrected chi connectivity index (χ3v) is 5.43. The number of nitrogens with one attached hydrogen (secondary N) is 1. The van der Waals surface area contributed by atoms with E-state index in [1.54, 1.807) is 7.11 Å². The summed E-state index contributed by atoms with van der Waals surface area (Å²) in [5.74, 6) is 1.29. The molecule has 0 aliphatic carbocycles. The third kappa shape index (κ3) is 5.23. The first-order chi connectivity index (χ1) is 13.4. The molecule has 0 saturated carbocycles. The van der Waals surface area contributed by atoms with E-state index in [-0.39, 0.29) is 28.5 Å². The summed E-state index contributed by atoms with van der Waals surface area (Å²) in [4.78, 5) is 33.2. The van der Waals surface area contributed by atoms with E-state index < -0.39 is 0 Å². The summed E-state index contributed by atoms with van der Waals surface area (Å²) in [6.07, 6.45) is 0.948. The van der Waals surface area contributed by atoms with Crippen LogP contribution in [0.1, 0.15) is 12.0 Å². The standard InChI is InChI=1S/C18H23N5O4S/c1-23(14-10-15(26-2)21-17(19)20-14)7-8-27-12-5-3-11(4-6-12)9-13-16(24)22-18(25)28-13/h3-6,13-14H,7-10H2,1-2H3,(H2,19,20)(H,22,24,25). The molecule has 0 radical (unpaired) electrons. The minimum Gasteiger partial charge on any atom is -0.492 e. The van der Waals surface area contributed by atoms with Gasteiger partial charge in [0.25, 0.3) is 5.24 Å². The lowest BCUT2D eigenvalue weighted by molar-refractivity contribution is -0.118. The van der Waals surface area contributed by atoms with Crippen LogP contribution in [-0.2, 0) is 16.0 Å². The molecule has 3 rings (SSSR count). The van der Waals surface area contributed by atoms with E-state index in [0.717, 1.165) is 23.1 Å². The number of hydrogen-bond donors (Lipinski definition) is 2. The van der Waals surface area contributed by atoms with Crippen molar-refractivity contribution < 1.29 is 19.1 Å². The highest BCUT2D eigenvalue weighted by molar-refractivity contribution is 8.15. The average molecular weight is 405 g/mol. The van der Waals surface area contributed by atoms with E-state index in [0.29, 0.717) is 31.9 Å². The molecule has 2 amide bonds. The van der Waals surface area contributed by atoms with Gasteiger partial charge < -0.3 is 15.2 Å². The van der Waals surface area contributed by atoms with Gasteiger partial charge in [-0.2, -0.15) is 4.99 Å². The van der Waals surface area contributed by atoms with Gasteiger partial charge in [0.15, 0.2) is 5.90 Å². The lowest BCUT2D eigenvalue weighted by Gasteiger charge is -2.27. The molecular formula is C18H23N5O4S. The molecule has 28 heavy (non-hydrogen) atoms. The van der Waals surface area contributed by atoms with E-state index in [9.17, 15) is 9.59 Å². The molecule has 1 fully saturated rings. The number of hydrogen-bond acceptors (Lipinski definition) is 9. The molecule has 2 atom stereocenters. The number of guanidine groups is 1. The summed E-state index contributed by atoms with van der Waals surface area (Å²) in [6.45, 7) is 1.14. The topological polar surface area (TPSA) is 119 Å². The number of amides is 2. The van der Waals surface area contributed by atoms with Gasteiger partial charge in [-0.1, -0.05) is 23.9 Å². The molecule has 2 unspecified atom stereocenters. The highest BCUT2D eigenvalue weighted by Crippen LogP contribution is 2.24. The molecule has 2 aliphatic heterocycles. The maximum absolute atomic E-state index is 11.6. The lowest BCUT2D eigenvalue weighted by Crippen LogP contribution is -2.39. The Bertz CT molecular complexity index is 796. The molecule has 0 bridgehead atoms. The number of aliphatic imine (C=N–C) groups is 2. The predicted molar refractivity (Wildman–Crippen MR) is 108 cm³/mol. The lowest BCUT2D eigenvalue weighted by atomic mass is 10.1. The Kier molecular flexibility index (Phi) is 6.53. The first kappa shape index (κ1) is 20.2. The Hall–Kier alpha value is -2.59. The van der Waals surface area contributed by atoms with Crippen LogP contribution in [0.5, 0.6) is 5.75 Å². The van der Waals surface area contributed by atoms with E-state index in [4.69, 9.17) is 15.2 Å². The number of thioether (sulfide) groups is 1. The minimum absolute atomic E-state index is 0.129. The number of carbonyl (C=O) groups is 2. The zero-order valence-electron chi connectivity index (χ0n) is 15.8. The van der Waals surface area contributed by atoms with Crippen LogP contribution in [-0.4, -0.2) is 66.6 Å². The van der Waals surface area contributed by atoms with Crippen LogP contribution in [0.3, 0.4) is 0 Å². The molecule has 2 heterocycles. The second-order valence-corrected chi connectivity index (χ2v) is 7.62. The van der Waals surface area contributed by atoms with Crippen LogP contribution in [0.25, 0.3) is 0 Å². The predicted octanol–water partition coefficient (Wildman–Crippen LogP) is 0.981. The SMILES string of the molecule is COC1=NC(N)=NC(N(C)CCOc2ccc(CC3SC(=O)NC3=O)cc2)C1. The Morgan fingerprint density at radius 1 is 1.32 bits per heavy atom. The van der Waals surface area contributed by atoms with Gasteiger partial charge >= 0.3 is 0 Å². The second kappa shape index (κ2) is 9.07. The van der Waals surface area contributed by atoms with Gasteiger partial charge in [0, 0.05) is 6.54 Å². The average Bonchev–Trinajstić information content (AvgIpc) is 2.99. The van der Waals surface area contributed by atoms with Crippen LogP contribution < -0.4 is 15.8 Å². The number of benzene rings is 1. The Labute approximate surface area is 167 Å². The quantitative estimate of drug-likeness (QED) is 0.694. The molecule has 1 saturated heterocycles. The van der Waals surface area contributed by atoms with E-state index in [2.05, 4.69) is 15.3 Å². The number of imide groups is 1.